The van der Waals surface area contributed by atoms with Crippen LogP contribution in [0.2, 0.25) is 0 Å². The predicted molar refractivity (Wildman–Crippen MR) is 103 cm³/mol. The molecule has 0 aromatic heterocycles. The third-order valence-electron chi connectivity index (χ3n) is 5.74. The lowest BCUT2D eigenvalue weighted by Gasteiger charge is -2.24. The number of nitrogens with one attached hydrogen (secondary N) is 1. The lowest BCUT2D eigenvalue weighted by molar-refractivity contribution is -0.136. The molecule has 2 fully saturated rings. The maximum absolute atomic E-state index is 12.6. The molecule has 1 aliphatic carbocycles. The number of amides is 2. The number of primary amides is 1. The van der Waals surface area contributed by atoms with Gasteiger partial charge in [-0.3, -0.25) is 14.5 Å². The molecule has 5 nitrogen and oxygen atoms in total. The third kappa shape index (κ3) is 3.98. The van der Waals surface area contributed by atoms with Crippen molar-refractivity contribution in [3.05, 3.63) is 42.0 Å². The number of hydrogen-bond donors (Lipinski definition) is 2. The van der Waals surface area contributed by atoms with Crippen LogP contribution < -0.4 is 11.1 Å². The molecular weight excluding hydrogens is 326 g/mol. The minimum absolute atomic E-state index is 0.0736. The summed E-state index contributed by atoms with van der Waals surface area (Å²) < 4.78 is 0. The number of rotatable bonds is 7. The molecule has 2 atom stereocenters. The number of carbonyl (C=O) groups is 2. The number of carbonyl (C=O) groups excluding carboxylic acids is 2. The van der Waals surface area contributed by atoms with E-state index in [0.29, 0.717) is 24.7 Å². The fourth-order valence-corrected chi connectivity index (χ4v) is 3.81. The van der Waals surface area contributed by atoms with Gasteiger partial charge in [0.1, 0.15) is 5.41 Å². The topological polar surface area (TPSA) is 75.4 Å². The minimum Gasteiger partial charge on any atom is -0.369 e. The van der Waals surface area contributed by atoms with Crippen molar-refractivity contribution in [3.63, 3.8) is 0 Å². The Balaban J connectivity index is 1.59. The quantitative estimate of drug-likeness (QED) is 0.735. The van der Waals surface area contributed by atoms with Crippen LogP contribution in [0.3, 0.4) is 0 Å². The molecule has 1 aromatic rings. The Hall–Kier alpha value is -2.14. The van der Waals surface area contributed by atoms with Gasteiger partial charge in [0, 0.05) is 25.7 Å². The van der Waals surface area contributed by atoms with Crippen LogP contribution in [0, 0.1) is 17.3 Å². The normalized spacial score (nSPS) is 24.9. The first-order valence-electron chi connectivity index (χ1n) is 9.47. The van der Waals surface area contributed by atoms with Crippen LogP contribution in [-0.2, 0) is 9.59 Å². The smallest absolute Gasteiger partial charge is 0.235 e. The van der Waals surface area contributed by atoms with Crippen molar-refractivity contribution in [3.8, 4) is 0 Å². The molecule has 2 amide bonds. The highest BCUT2D eigenvalue weighted by Crippen LogP contribution is 2.45. The fraction of sp³-hybridized carbons (Fsp3) is 0.524. The van der Waals surface area contributed by atoms with Gasteiger partial charge in [0.2, 0.25) is 11.8 Å². The Morgan fingerprint density at radius 3 is 2.54 bits per heavy atom. The van der Waals surface area contributed by atoms with Crippen LogP contribution in [0.4, 0.5) is 0 Å². The van der Waals surface area contributed by atoms with Gasteiger partial charge in [-0.05, 0) is 30.2 Å². The molecule has 3 N–H and O–H groups in total. The second kappa shape index (κ2) is 7.62. The molecule has 1 saturated heterocycles. The molecule has 1 aromatic carbocycles. The Kier molecular flexibility index (Phi) is 5.47. The van der Waals surface area contributed by atoms with Gasteiger partial charge in [-0.25, -0.2) is 0 Å². The second-order valence-electron chi connectivity index (χ2n) is 7.97. The van der Waals surface area contributed by atoms with Crippen LogP contribution in [0.25, 0.3) is 6.08 Å². The van der Waals surface area contributed by atoms with Crippen LogP contribution in [0.15, 0.2) is 36.4 Å². The van der Waals surface area contributed by atoms with E-state index >= 15 is 0 Å². The van der Waals surface area contributed by atoms with Crippen molar-refractivity contribution in [2.75, 3.05) is 19.6 Å². The van der Waals surface area contributed by atoms with E-state index in [2.05, 4.69) is 48.3 Å². The van der Waals surface area contributed by atoms with Crippen molar-refractivity contribution < 1.29 is 9.59 Å². The summed E-state index contributed by atoms with van der Waals surface area (Å²) in [7, 11) is 0. The minimum atomic E-state index is -0.942. The first kappa shape index (κ1) is 18.6. The number of nitrogens with zero attached hydrogens (tertiary/aromatic N) is 1. The van der Waals surface area contributed by atoms with E-state index in [1.165, 1.54) is 5.56 Å². The van der Waals surface area contributed by atoms with Gasteiger partial charge in [0.25, 0.3) is 0 Å². The van der Waals surface area contributed by atoms with E-state index in [9.17, 15) is 9.59 Å². The van der Waals surface area contributed by atoms with E-state index in [4.69, 9.17) is 5.73 Å². The van der Waals surface area contributed by atoms with E-state index in [1.54, 1.807) is 0 Å². The van der Waals surface area contributed by atoms with Gasteiger partial charge in [-0.2, -0.15) is 0 Å². The fourth-order valence-electron chi connectivity index (χ4n) is 3.81. The molecule has 1 heterocycles. The highest BCUT2D eigenvalue weighted by atomic mass is 16.2. The summed E-state index contributed by atoms with van der Waals surface area (Å²) in [5, 5.41) is 3.13. The molecule has 2 aliphatic rings. The first-order chi connectivity index (χ1) is 12.4. The van der Waals surface area contributed by atoms with E-state index < -0.39 is 11.3 Å². The zero-order valence-corrected chi connectivity index (χ0v) is 15.7. The first-order valence-corrected chi connectivity index (χ1v) is 9.47. The lowest BCUT2D eigenvalue weighted by atomic mass is 9.90. The maximum atomic E-state index is 12.6. The molecule has 1 saturated carbocycles. The molecular formula is C21H29N3O2. The average Bonchev–Trinajstić information content (AvgIpc) is 3.33. The van der Waals surface area contributed by atoms with Crippen molar-refractivity contribution in [2.24, 2.45) is 23.0 Å². The Bertz CT molecular complexity index is 680. The summed E-state index contributed by atoms with van der Waals surface area (Å²) >= 11 is 0. The SMILES string of the molecule is CC(C)[C@H]1CN(C/C=C/c2ccccc2)C[C@@H]1NC(=O)C1(C(N)=O)CC1. The van der Waals surface area contributed by atoms with Gasteiger partial charge in [-0.15, -0.1) is 0 Å². The molecule has 0 spiro atoms. The van der Waals surface area contributed by atoms with Crippen LogP contribution in [0.1, 0.15) is 32.3 Å². The highest BCUT2D eigenvalue weighted by molar-refractivity contribution is 6.07. The standard InChI is InChI=1S/C21H29N3O2/c1-15(2)17-13-24(12-6-9-16-7-4-3-5-8-16)14-18(17)23-20(26)21(10-11-21)19(22)25/h3-9,15,17-18H,10-14H2,1-2H3,(H2,22,25)(H,23,26)/b9-6+/t17-,18+/m1/s1. The van der Waals surface area contributed by atoms with Gasteiger partial charge in [-0.1, -0.05) is 56.3 Å². The molecule has 5 heteroatoms. The number of benzene rings is 1. The molecule has 3 rings (SSSR count). The maximum Gasteiger partial charge on any atom is 0.235 e. The van der Waals surface area contributed by atoms with E-state index in [1.807, 2.05) is 18.2 Å². The van der Waals surface area contributed by atoms with E-state index in [-0.39, 0.29) is 11.9 Å². The Morgan fingerprint density at radius 2 is 1.96 bits per heavy atom. The van der Waals surface area contributed by atoms with Gasteiger partial charge in [0.15, 0.2) is 0 Å². The summed E-state index contributed by atoms with van der Waals surface area (Å²) in [6, 6.07) is 10.3. The van der Waals surface area contributed by atoms with Crippen LogP contribution >= 0.6 is 0 Å². The monoisotopic (exact) mass is 355 g/mol. The summed E-state index contributed by atoms with van der Waals surface area (Å²) in [4.78, 5) is 26.5. The molecule has 140 valence electrons. The van der Waals surface area contributed by atoms with Crippen molar-refractivity contribution in [1.82, 2.24) is 10.2 Å². The Labute approximate surface area is 155 Å². The largest absolute Gasteiger partial charge is 0.369 e. The zero-order chi connectivity index (χ0) is 18.7. The van der Waals surface area contributed by atoms with Crippen molar-refractivity contribution in [2.45, 2.75) is 32.7 Å². The summed E-state index contributed by atoms with van der Waals surface area (Å²) in [5.74, 6) is 0.180. The summed E-state index contributed by atoms with van der Waals surface area (Å²) in [5.41, 5.74) is 5.68. The zero-order valence-electron chi connectivity index (χ0n) is 15.7. The molecule has 0 unspecified atom stereocenters. The Morgan fingerprint density at radius 1 is 1.27 bits per heavy atom. The van der Waals surface area contributed by atoms with E-state index in [0.717, 1.165) is 19.6 Å². The number of hydrogen-bond acceptors (Lipinski definition) is 3. The molecule has 0 bridgehead atoms. The summed E-state index contributed by atoms with van der Waals surface area (Å²) in [6.45, 7) is 6.99. The molecule has 1 aliphatic heterocycles. The van der Waals surface area contributed by atoms with Gasteiger partial charge >= 0.3 is 0 Å². The van der Waals surface area contributed by atoms with Crippen LogP contribution in [0.5, 0.6) is 0 Å². The van der Waals surface area contributed by atoms with Crippen molar-refractivity contribution >= 4 is 17.9 Å². The predicted octanol–water partition coefficient (Wildman–Crippen LogP) is 2.04. The number of likely N-dealkylation sites (tertiary alicyclic amines) is 1. The second-order valence-corrected chi connectivity index (χ2v) is 7.97. The summed E-state index contributed by atoms with van der Waals surface area (Å²) in [6.07, 6.45) is 5.46. The molecule has 26 heavy (non-hydrogen) atoms. The van der Waals surface area contributed by atoms with Crippen molar-refractivity contribution in [1.29, 1.82) is 0 Å². The van der Waals surface area contributed by atoms with Gasteiger partial charge < -0.3 is 11.1 Å². The van der Waals surface area contributed by atoms with Crippen LogP contribution in [-0.4, -0.2) is 42.4 Å². The third-order valence-corrected chi connectivity index (χ3v) is 5.74. The average molecular weight is 355 g/mol. The molecule has 0 radical (unpaired) electrons. The van der Waals surface area contributed by atoms with Gasteiger partial charge in [0.05, 0.1) is 0 Å². The number of nitrogens with two attached hydrogens (primary N) is 1. The highest BCUT2D eigenvalue weighted by Gasteiger charge is 2.56. The lowest BCUT2D eigenvalue weighted by Crippen LogP contribution is -2.48.